The summed E-state index contributed by atoms with van der Waals surface area (Å²) in [4.78, 5) is 0. The zero-order valence-corrected chi connectivity index (χ0v) is 13.4. The Balaban J connectivity index is 2.01. The van der Waals surface area contributed by atoms with E-state index in [1.807, 2.05) is 6.07 Å². The summed E-state index contributed by atoms with van der Waals surface area (Å²) in [6.07, 6.45) is 5.19. The van der Waals surface area contributed by atoms with Gasteiger partial charge >= 0.3 is 0 Å². The molecule has 1 saturated carbocycles. The molecule has 4 atom stereocenters. The fourth-order valence-corrected chi connectivity index (χ4v) is 3.51. The van der Waals surface area contributed by atoms with E-state index in [1.54, 1.807) is 7.11 Å². The van der Waals surface area contributed by atoms with Crippen molar-refractivity contribution in [3.63, 3.8) is 0 Å². The maximum absolute atomic E-state index is 5.33. The molecular formula is C18H29NO. The maximum atomic E-state index is 5.33. The van der Waals surface area contributed by atoms with Crippen LogP contribution in [0.2, 0.25) is 0 Å². The largest absolute Gasteiger partial charge is 0.497 e. The predicted molar refractivity (Wildman–Crippen MR) is 85.2 cm³/mol. The van der Waals surface area contributed by atoms with E-state index < -0.39 is 0 Å². The van der Waals surface area contributed by atoms with E-state index in [-0.39, 0.29) is 0 Å². The molecule has 1 N–H and O–H groups in total. The van der Waals surface area contributed by atoms with Gasteiger partial charge in [-0.3, -0.25) is 0 Å². The van der Waals surface area contributed by atoms with E-state index in [0.29, 0.717) is 6.04 Å². The minimum atomic E-state index is 0.581. The normalized spacial score (nSPS) is 28.1. The Morgan fingerprint density at radius 1 is 1.25 bits per heavy atom. The molecule has 112 valence electrons. The molecule has 1 aromatic rings. The van der Waals surface area contributed by atoms with E-state index in [1.165, 1.54) is 24.8 Å². The summed E-state index contributed by atoms with van der Waals surface area (Å²) in [6.45, 7) is 4.81. The minimum absolute atomic E-state index is 0.581. The molecule has 2 rings (SSSR count). The van der Waals surface area contributed by atoms with E-state index in [9.17, 15) is 0 Å². The molecule has 2 nitrogen and oxygen atoms in total. The molecule has 0 saturated heterocycles. The Hall–Kier alpha value is -1.02. The number of benzene rings is 1. The highest BCUT2D eigenvalue weighted by Gasteiger charge is 2.29. The SMILES string of the molecule is CNC(Cc1cccc(OC)c1)C1CCC(C)C(C)C1. The van der Waals surface area contributed by atoms with Crippen LogP contribution in [0.3, 0.4) is 0 Å². The van der Waals surface area contributed by atoms with Crippen LogP contribution in [-0.2, 0) is 6.42 Å². The Bertz CT molecular complexity index is 418. The lowest BCUT2D eigenvalue weighted by atomic mass is 9.72. The van der Waals surface area contributed by atoms with Gasteiger partial charge in [-0.2, -0.15) is 0 Å². The molecular weight excluding hydrogens is 246 g/mol. The molecule has 0 heterocycles. The van der Waals surface area contributed by atoms with E-state index >= 15 is 0 Å². The van der Waals surface area contributed by atoms with Crippen molar-refractivity contribution in [2.24, 2.45) is 17.8 Å². The summed E-state index contributed by atoms with van der Waals surface area (Å²) < 4.78 is 5.33. The van der Waals surface area contributed by atoms with Gasteiger partial charge in [-0.15, -0.1) is 0 Å². The van der Waals surface area contributed by atoms with Crippen LogP contribution < -0.4 is 10.1 Å². The lowest BCUT2D eigenvalue weighted by Gasteiger charge is -2.36. The first-order valence-electron chi connectivity index (χ1n) is 7.94. The van der Waals surface area contributed by atoms with Gasteiger partial charge in [0.25, 0.3) is 0 Å². The number of likely N-dealkylation sites (N-methyl/N-ethyl adjacent to an activating group) is 1. The number of ether oxygens (including phenoxy) is 1. The van der Waals surface area contributed by atoms with Crippen molar-refractivity contribution in [1.82, 2.24) is 5.32 Å². The second-order valence-corrected chi connectivity index (χ2v) is 6.48. The number of rotatable bonds is 5. The molecule has 1 aliphatic carbocycles. The monoisotopic (exact) mass is 275 g/mol. The third-order valence-electron chi connectivity index (χ3n) is 5.17. The quantitative estimate of drug-likeness (QED) is 0.880. The van der Waals surface area contributed by atoms with Crippen molar-refractivity contribution in [2.45, 2.75) is 45.6 Å². The van der Waals surface area contributed by atoms with Crippen molar-refractivity contribution in [3.05, 3.63) is 29.8 Å². The summed E-state index contributed by atoms with van der Waals surface area (Å²) in [5.41, 5.74) is 1.37. The number of hydrogen-bond donors (Lipinski definition) is 1. The summed E-state index contributed by atoms with van der Waals surface area (Å²) >= 11 is 0. The molecule has 1 fully saturated rings. The topological polar surface area (TPSA) is 21.3 Å². The maximum Gasteiger partial charge on any atom is 0.119 e. The van der Waals surface area contributed by atoms with Gasteiger partial charge in [-0.1, -0.05) is 32.4 Å². The Labute approximate surface area is 123 Å². The van der Waals surface area contributed by atoms with Gasteiger partial charge < -0.3 is 10.1 Å². The number of nitrogens with one attached hydrogen (secondary N) is 1. The molecule has 0 aromatic heterocycles. The first kappa shape index (κ1) is 15.4. The van der Waals surface area contributed by atoms with Gasteiger partial charge in [0.05, 0.1) is 7.11 Å². The van der Waals surface area contributed by atoms with E-state index in [4.69, 9.17) is 4.74 Å². The summed E-state index contributed by atoms with van der Waals surface area (Å²) in [5.74, 6) is 3.51. The molecule has 1 aromatic carbocycles. The molecule has 0 amide bonds. The number of hydrogen-bond acceptors (Lipinski definition) is 2. The van der Waals surface area contributed by atoms with Crippen LogP contribution in [-0.4, -0.2) is 20.2 Å². The first-order chi connectivity index (χ1) is 9.63. The van der Waals surface area contributed by atoms with Gasteiger partial charge in [0.2, 0.25) is 0 Å². The molecule has 20 heavy (non-hydrogen) atoms. The van der Waals surface area contributed by atoms with E-state index in [0.717, 1.165) is 29.9 Å². The molecule has 0 radical (unpaired) electrons. The van der Waals surface area contributed by atoms with Crippen LogP contribution >= 0.6 is 0 Å². The highest BCUT2D eigenvalue weighted by Crippen LogP contribution is 2.35. The second kappa shape index (κ2) is 7.12. The smallest absolute Gasteiger partial charge is 0.119 e. The third-order valence-corrected chi connectivity index (χ3v) is 5.17. The fraction of sp³-hybridized carbons (Fsp3) is 0.667. The summed E-state index contributed by atoms with van der Waals surface area (Å²) in [5, 5.41) is 3.55. The average Bonchev–Trinajstić information content (AvgIpc) is 2.48. The molecule has 0 aliphatic heterocycles. The van der Waals surface area contributed by atoms with Crippen molar-refractivity contribution >= 4 is 0 Å². The zero-order valence-electron chi connectivity index (χ0n) is 13.4. The Kier molecular flexibility index (Phi) is 5.47. The third kappa shape index (κ3) is 3.76. The van der Waals surface area contributed by atoms with Crippen LogP contribution in [0.25, 0.3) is 0 Å². The van der Waals surface area contributed by atoms with Gasteiger partial charge in [0.15, 0.2) is 0 Å². The van der Waals surface area contributed by atoms with Crippen LogP contribution in [0.15, 0.2) is 24.3 Å². The highest BCUT2D eigenvalue weighted by atomic mass is 16.5. The van der Waals surface area contributed by atoms with Crippen molar-refractivity contribution in [3.8, 4) is 5.75 Å². The van der Waals surface area contributed by atoms with Gasteiger partial charge in [-0.25, -0.2) is 0 Å². The Morgan fingerprint density at radius 2 is 2.05 bits per heavy atom. The van der Waals surface area contributed by atoms with Gasteiger partial charge in [-0.05, 0) is 61.8 Å². The van der Waals surface area contributed by atoms with E-state index in [2.05, 4.69) is 44.4 Å². The molecule has 1 aliphatic rings. The highest BCUT2D eigenvalue weighted by molar-refractivity contribution is 5.29. The Morgan fingerprint density at radius 3 is 2.70 bits per heavy atom. The molecule has 4 unspecified atom stereocenters. The molecule has 0 bridgehead atoms. The second-order valence-electron chi connectivity index (χ2n) is 6.48. The predicted octanol–water partition coefficient (Wildman–Crippen LogP) is 3.90. The van der Waals surface area contributed by atoms with Gasteiger partial charge in [0.1, 0.15) is 5.75 Å². The molecule has 0 spiro atoms. The lowest BCUT2D eigenvalue weighted by Crippen LogP contribution is -2.39. The molecule has 2 heteroatoms. The van der Waals surface area contributed by atoms with Crippen molar-refractivity contribution in [2.75, 3.05) is 14.2 Å². The van der Waals surface area contributed by atoms with Crippen LogP contribution in [0.1, 0.15) is 38.7 Å². The van der Waals surface area contributed by atoms with Crippen LogP contribution in [0.4, 0.5) is 0 Å². The fourth-order valence-electron chi connectivity index (χ4n) is 3.51. The summed E-state index contributed by atoms with van der Waals surface area (Å²) in [6, 6.07) is 9.06. The zero-order chi connectivity index (χ0) is 14.5. The van der Waals surface area contributed by atoms with Gasteiger partial charge in [0, 0.05) is 6.04 Å². The number of methoxy groups -OCH3 is 1. The summed E-state index contributed by atoms with van der Waals surface area (Å²) in [7, 11) is 3.84. The first-order valence-corrected chi connectivity index (χ1v) is 7.94. The minimum Gasteiger partial charge on any atom is -0.497 e. The lowest BCUT2D eigenvalue weighted by molar-refractivity contribution is 0.173. The van der Waals surface area contributed by atoms with Crippen LogP contribution in [0.5, 0.6) is 5.75 Å². The average molecular weight is 275 g/mol. The standard InChI is InChI=1S/C18H29NO/c1-13-8-9-16(10-14(13)2)18(19-3)12-15-6-5-7-17(11-15)20-4/h5-7,11,13-14,16,18-19H,8-10,12H2,1-4H3. The van der Waals surface area contributed by atoms with Crippen LogP contribution in [0, 0.1) is 17.8 Å². The van der Waals surface area contributed by atoms with Crippen molar-refractivity contribution < 1.29 is 4.74 Å². The van der Waals surface area contributed by atoms with Crippen molar-refractivity contribution in [1.29, 1.82) is 0 Å².